The molecule has 1 aliphatic carbocycles. The largest absolute Gasteiger partial charge is 0.480 e. The molecule has 0 bridgehead atoms. The molecular formula is C11H20O5S. The molecule has 0 saturated heterocycles. The topological polar surface area (TPSA) is 80.7 Å². The summed E-state index contributed by atoms with van der Waals surface area (Å²) >= 11 is 0. The molecule has 1 aliphatic rings. The van der Waals surface area contributed by atoms with Gasteiger partial charge in [-0.3, -0.25) is 4.79 Å². The van der Waals surface area contributed by atoms with Crippen molar-refractivity contribution in [2.24, 2.45) is 0 Å². The Bertz CT molecular complexity index is 377. The Labute approximate surface area is 102 Å². The van der Waals surface area contributed by atoms with E-state index >= 15 is 0 Å². The van der Waals surface area contributed by atoms with E-state index in [1.807, 2.05) is 0 Å². The molecule has 0 amide bonds. The van der Waals surface area contributed by atoms with Gasteiger partial charge in [-0.2, -0.15) is 0 Å². The van der Waals surface area contributed by atoms with Crippen molar-refractivity contribution in [2.75, 3.05) is 7.11 Å². The Morgan fingerprint density at radius 1 is 1.24 bits per heavy atom. The summed E-state index contributed by atoms with van der Waals surface area (Å²) in [4.78, 5) is 11.0. The Kier molecular flexibility index (Phi) is 4.19. The fourth-order valence-corrected chi connectivity index (χ4v) is 4.09. The molecule has 0 heterocycles. The lowest BCUT2D eigenvalue weighted by Gasteiger charge is -2.31. The highest BCUT2D eigenvalue weighted by Crippen LogP contribution is 2.32. The average Bonchev–Trinajstić information content (AvgIpc) is 2.28. The van der Waals surface area contributed by atoms with Crippen LogP contribution in [0.2, 0.25) is 0 Å². The number of rotatable bonds is 4. The van der Waals surface area contributed by atoms with Gasteiger partial charge in [-0.15, -0.1) is 0 Å². The SMILES string of the molecule is CO[C@H]1CC[C@H](S(=O)(=O)C(C)(C)C(=O)O)CC1. The lowest BCUT2D eigenvalue weighted by molar-refractivity contribution is -0.139. The number of carboxylic acid groups (broad SMARTS) is 1. The van der Waals surface area contributed by atoms with Gasteiger partial charge in [0, 0.05) is 7.11 Å². The van der Waals surface area contributed by atoms with Crippen LogP contribution in [0, 0.1) is 0 Å². The van der Waals surface area contributed by atoms with Crippen LogP contribution in [0.5, 0.6) is 0 Å². The van der Waals surface area contributed by atoms with Crippen molar-refractivity contribution in [3.63, 3.8) is 0 Å². The minimum absolute atomic E-state index is 0.106. The van der Waals surface area contributed by atoms with Crippen molar-refractivity contribution < 1.29 is 23.1 Å². The quantitative estimate of drug-likeness (QED) is 0.825. The van der Waals surface area contributed by atoms with Gasteiger partial charge in [-0.25, -0.2) is 8.42 Å². The van der Waals surface area contributed by atoms with Crippen LogP contribution in [0.25, 0.3) is 0 Å². The first-order chi connectivity index (χ1) is 7.73. The second-order valence-electron chi connectivity index (χ2n) is 4.99. The Hall–Kier alpha value is -0.620. The van der Waals surface area contributed by atoms with Crippen LogP contribution in [0.4, 0.5) is 0 Å². The Balaban J connectivity index is 2.84. The van der Waals surface area contributed by atoms with Crippen molar-refractivity contribution in [1.29, 1.82) is 0 Å². The van der Waals surface area contributed by atoms with E-state index in [-0.39, 0.29) is 6.10 Å². The van der Waals surface area contributed by atoms with Crippen molar-refractivity contribution in [1.82, 2.24) is 0 Å². The summed E-state index contributed by atoms with van der Waals surface area (Å²) in [7, 11) is -2.04. The lowest BCUT2D eigenvalue weighted by Crippen LogP contribution is -2.47. The molecule has 6 heteroatoms. The number of aliphatic carboxylic acids is 1. The van der Waals surface area contributed by atoms with E-state index in [4.69, 9.17) is 9.84 Å². The first-order valence-corrected chi connectivity index (χ1v) is 7.27. The van der Waals surface area contributed by atoms with Crippen molar-refractivity contribution >= 4 is 15.8 Å². The van der Waals surface area contributed by atoms with Crippen molar-refractivity contribution in [2.45, 2.75) is 55.6 Å². The molecule has 100 valence electrons. The fourth-order valence-electron chi connectivity index (χ4n) is 2.12. The molecule has 1 fully saturated rings. The number of methoxy groups -OCH3 is 1. The summed E-state index contributed by atoms with van der Waals surface area (Å²) in [6.45, 7) is 2.51. The molecule has 17 heavy (non-hydrogen) atoms. The number of carbonyl (C=O) groups is 1. The van der Waals surface area contributed by atoms with E-state index in [1.165, 1.54) is 13.8 Å². The van der Waals surface area contributed by atoms with Gasteiger partial charge < -0.3 is 9.84 Å². The zero-order valence-corrected chi connectivity index (χ0v) is 11.3. The number of ether oxygens (including phenoxy) is 1. The summed E-state index contributed by atoms with van der Waals surface area (Å²) < 4.78 is 27.9. The summed E-state index contributed by atoms with van der Waals surface area (Å²) in [6.07, 6.45) is 2.43. The first kappa shape index (κ1) is 14.4. The van der Waals surface area contributed by atoms with Gasteiger partial charge in [0.05, 0.1) is 11.4 Å². The predicted molar refractivity (Wildman–Crippen MR) is 63.7 cm³/mol. The fraction of sp³-hybridized carbons (Fsp3) is 0.909. The van der Waals surface area contributed by atoms with Crippen LogP contribution in [0.3, 0.4) is 0 Å². The third-order valence-electron chi connectivity index (χ3n) is 3.62. The second-order valence-corrected chi connectivity index (χ2v) is 7.77. The summed E-state index contributed by atoms with van der Waals surface area (Å²) in [5.74, 6) is -1.29. The van der Waals surface area contributed by atoms with E-state index in [9.17, 15) is 13.2 Å². The number of carboxylic acids is 1. The molecule has 0 aliphatic heterocycles. The molecule has 1 N–H and O–H groups in total. The van der Waals surface area contributed by atoms with E-state index in [2.05, 4.69) is 0 Å². The third kappa shape index (κ3) is 2.63. The van der Waals surface area contributed by atoms with Crippen molar-refractivity contribution in [3.05, 3.63) is 0 Å². The zero-order valence-electron chi connectivity index (χ0n) is 10.5. The minimum Gasteiger partial charge on any atom is -0.480 e. The summed E-state index contributed by atoms with van der Waals surface area (Å²) in [5.41, 5.74) is 0. The molecule has 0 aromatic carbocycles. The van der Waals surface area contributed by atoms with Gasteiger partial charge in [0.1, 0.15) is 0 Å². The Morgan fingerprint density at radius 3 is 2.06 bits per heavy atom. The monoisotopic (exact) mass is 264 g/mol. The van der Waals surface area contributed by atoms with Crippen LogP contribution in [-0.4, -0.2) is 42.7 Å². The normalized spacial score (nSPS) is 26.8. The molecule has 0 aromatic heterocycles. The average molecular weight is 264 g/mol. The minimum atomic E-state index is -3.65. The highest BCUT2D eigenvalue weighted by molar-refractivity contribution is 7.94. The van der Waals surface area contributed by atoms with Gasteiger partial charge in [-0.1, -0.05) is 0 Å². The van der Waals surface area contributed by atoms with E-state index in [0.717, 1.165) is 0 Å². The number of sulfone groups is 1. The summed E-state index contributed by atoms with van der Waals surface area (Å²) in [5, 5.41) is 8.45. The van der Waals surface area contributed by atoms with Gasteiger partial charge in [0.2, 0.25) is 0 Å². The molecule has 1 rings (SSSR count). The van der Waals surface area contributed by atoms with Gasteiger partial charge >= 0.3 is 5.97 Å². The molecule has 5 nitrogen and oxygen atoms in total. The van der Waals surface area contributed by atoms with Gasteiger partial charge in [-0.05, 0) is 39.5 Å². The number of hydrogen-bond donors (Lipinski definition) is 1. The van der Waals surface area contributed by atoms with Gasteiger partial charge in [0.25, 0.3) is 0 Å². The molecule has 0 unspecified atom stereocenters. The standard InChI is InChI=1S/C11H20O5S/c1-11(2,10(12)13)17(14,15)9-6-4-8(16-3)5-7-9/h8-9H,4-7H2,1-3H3,(H,12,13)/t8-,9-. The molecule has 0 spiro atoms. The first-order valence-electron chi connectivity index (χ1n) is 5.73. The smallest absolute Gasteiger partial charge is 0.324 e. The van der Waals surface area contributed by atoms with Crippen LogP contribution in [0.1, 0.15) is 39.5 Å². The van der Waals surface area contributed by atoms with Gasteiger partial charge in [0.15, 0.2) is 14.6 Å². The highest BCUT2D eigenvalue weighted by atomic mass is 32.2. The van der Waals surface area contributed by atoms with Crippen LogP contribution in [-0.2, 0) is 19.4 Å². The van der Waals surface area contributed by atoms with Crippen LogP contribution in [0.15, 0.2) is 0 Å². The lowest BCUT2D eigenvalue weighted by atomic mass is 9.97. The molecule has 0 radical (unpaired) electrons. The van der Waals surface area contributed by atoms with Crippen LogP contribution >= 0.6 is 0 Å². The Morgan fingerprint density at radius 2 is 1.71 bits per heavy atom. The maximum atomic E-state index is 12.2. The van der Waals surface area contributed by atoms with E-state index in [0.29, 0.717) is 25.7 Å². The zero-order chi connectivity index (χ0) is 13.3. The molecule has 0 atom stereocenters. The predicted octanol–water partition coefficient (Wildman–Crippen LogP) is 1.22. The summed E-state index contributed by atoms with van der Waals surface area (Å²) in [6, 6.07) is 0. The highest BCUT2D eigenvalue weighted by Gasteiger charge is 2.47. The maximum Gasteiger partial charge on any atom is 0.324 e. The molecular weight excluding hydrogens is 244 g/mol. The van der Waals surface area contributed by atoms with E-state index < -0.39 is 25.8 Å². The second kappa shape index (κ2) is 4.94. The molecule has 0 aromatic rings. The third-order valence-corrected chi connectivity index (χ3v) is 6.57. The van der Waals surface area contributed by atoms with Crippen molar-refractivity contribution in [3.8, 4) is 0 Å². The molecule has 1 saturated carbocycles. The van der Waals surface area contributed by atoms with Crippen LogP contribution < -0.4 is 0 Å². The maximum absolute atomic E-state index is 12.2. The van der Waals surface area contributed by atoms with E-state index in [1.54, 1.807) is 7.11 Å². The number of hydrogen-bond acceptors (Lipinski definition) is 4.